The van der Waals surface area contributed by atoms with Gasteiger partial charge in [-0.05, 0) is 30.0 Å². The monoisotopic (exact) mass is 311 g/mol. The fourth-order valence-electron chi connectivity index (χ4n) is 1.21. The molecule has 0 saturated heterocycles. The summed E-state index contributed by atoms with van der Waals surface area (Å²) < 4.78 is 41.6. The number of nitrogens with zero attached hydrogens (tertiary/aromatic N) is 1. The zero-order chi connectivity index (χ0) is 11.8. The molecule has 0 N–H and O–H groups in total. The minimum absolute atomic E-state index is 0.0947. The van der Waals surface area contributed by atoms with Gasteiger partial charge in [0.05, 0.1) is 5.33 Å². The number of thioether (sulfide) groups is 1. The van der Waals surface area contributed by atoms with E-state index in [1.165, 1.54) is 18.2 Å². The lowest BCUT2D eigenvalue weighted by molar-refractivity contribution is -0.0328. The van der Waals surface area contributed by atoms with Gasteiger partial charge in [-0.15, -0.1) is 0 Å². The van der Waals surface area contributed by atoms with Gasteiger partial charge in [-0.3, -0.25) is 0 Å². The normalized spacial score (nSPS) is 12.2. The predicted molar refractivity (Wildman–Crippen MR) is 58.6 cm³/mol. The maximum atomic E-state index is 12.1. The smallest absolute Gasteiger partial charge is 0.440 e. The number of oxazole rings is 1. The molecule has 1 aromatic heterocycles. The van der Waals surface area contributed by atoms with Crippen molar-refractivity contribution in [1.29, 1.82) is 0 Å². The summed E-state index contributed by atoms with van der Waals surface area (Å²) >= 11 is 2.99. The van der Waals surface area contributed by atoms with Gasteiger partial charge >= 0.3 is 5.51 Å². The Kier molecular flexibility index (Phi) is 3.16. The second kappa shape index (κ2) is 4.29. The average Bonchev–Trinajstić information content (AvgIpc) is 2.57. The maximum Gasteiger partial charge on any atom is 0.446 e. The first kappa shape index (κ1) is 11.8. The van der Waals surface area contributed by atoms with Gasteiger partial charge in [0.15, 0.2) is 5.58 Å². The van der Waals surface area contributed by atoms with Crippen molar-refractivity contribution in [2.75, 3.05) is 0 Å². The molecular weight excluding hydrogens is 307 g/mol. The van der Waals surface area contributed by atoms with Crippen molar-refractivity contribution < 1.29 is 17.6 Å². The van der Waals surface area contributed by atoms with Gasteiger partial charge in [0.25, 0.3) is 0 Å². The standard InChI is InChI=1S/C9H5BrF3NOS/c10-4-8-14-6-2-1-5(3-7(6)15-8)16-9(11,12)13/h1-3H,4H2. The molecule has 0 spiro atoms. The molecule has 86 valence electrons. The van der Waals surface area contributed by atoms with Gasteiger partial charge in [0.1, 0.15) is 5.52 Å². The van der Waals surface area contributed by atoms with Crippen molar-refractivity contribution in [2.24, 2.45) is 0 Å². The number of rotatable bonds is 2. The van der Waals surface area contributed by atoms with Crippen molar-refractivity contribution in [3.63, 3.8) is 0 Å². The molecule has 7 heteroatoms. The van der Waals surface area contributed by atoms with Gasteiger partial charge < -0.3 is 4.42 Å². The van der Waals surface area contributed by atoms with E-state index in [2.05, 4.69) is 20.9 Å². The Morgan fingerprint density at radius 3 is 2.75 bits per heavy atom. The highest BCUT2D eigenvalue weighted by Crippen LogP contribution is 2.37. The minimum Gasteiger partial charge on any atom is -0.440 e. The molecule has 2 nitrogen and oxygen atoms in total. The third kappa shape index (κ3) is 2.70. The lowest BCUT2D eigenvalue weighted by Crippen LogP contribution is -1.98. The van der Waals surface area contributed by atoms with E-state index < -0.39 is 5.51 Å². The van der Waals surface area contributed by atoms with Crippen LogP contribution >= 0.6 is 27.7 Å². The Morgan fingerprint density at radius 1 is 1.38 bits per heavy atom. The van der Waals surface area contributed by atoms with E-state index in [-0.39, 0.29) is 16.7 Å². The second-order valence-corrected chi connectivity index (χ2v) is 4.62. The van der Waals surface area contributed by atoms with Crippen LogP contribution in [0, 0.1) is 0 Å². The molecule has 0 saturated carbocycles. The molecule has 0 fully saturated rings. The molecule has 0 atom stereocenters. The van der Waals surface area contributed by atoms with Crippen molar-refractivity contribution in [3.05, 3.63) is 24.1 Å². The van der Waals surface area contributed by atoms with E-state index >= 15 is 0 Å². The second-order valence-electron chi connectivity index (χ2n) is 2.92. The van der Waals surface area contributed by atoms with Crippen LogP contribution in [0.1, 0.15) is 5.89 Å². The van der Waals surface area contributed by atoms with Gasteiger partial charge in [-0.1, -0.05) is 15.9 Å². The number of aromatic nitrogens is 1. The van der Waals surface area contributed by atoms with E-state index in [1.807, 2.05) is 0 Å². The van der Waals surface area contributed by atoms with E-state index in [4.69, 9.17) is 4.42 Å². The predicted octanol–water partition coefficient (Wildman–Crippen LogP) is 4.33. The summed E-state index contributed by atoms with van der Waals surface area (Å²) in [5.74, 6) is 0.448. The summed E-state index contributed by atoms with van der Waals surface area (Å²) in [6.45, 7) is 0. The maximum absolute atomic E-state index is 12.1. The van der Waals surface area contributed by atoms with Crippen molar-refractivity contribution in [1.82, 2.24) is 4.98 Å². The highest BCUT2D eigenvalue weighted by atomic mass is 79.9. The van der Waals surface area contributed by atoms with E-state index in [1.54, 1.807) is 0 Å². The van der Waals surface area contributed by atoms with Crippen LogP contribution in [-0.2, 0) is 5.33 Å². The molecule has 0 amide bonds. The van der Waals surface area contributed by atoms with Crippen LogP contribution in [-0.4, -0.2) is 10.5 Å². The summed E-state index contributed by atoms with van der Waals surface area (Å²) in [5, 5.41) is 0.434. The fraction of sp³-hybridized carbons (Fsp3) is 0.222. The number of fused-ring (bicyclic) bond motifs is 1. The number of halogens is 4. The third-order valence-corrected chi connectivity index (χ3v) is 2.95. The van der Waals surface area contributed by atoms with Crippen LogP contribution in [0.5, 0.6) is 0 Å². The molecule has 0 aliphatic rings. The van der Waals surface area contributed by atoms with Gasteiger partial charge in [0, 0.05) is 4.90 Å². The summed E-state index contributed by atoms with van der Waals surface area (Å²) in [4.78, 5) is 4.16. The molecule has 1 aromatic carbocycles. The Balaban J connectivity index is 2.36. The molecule has 2 aromatic rings. The van der Waals surface area contributed by atoms with E-state index in [0.717, 1.165) is 0 Å². The molecule has 0 bridgehead atoms. The lowest BCUT2D eigenvalue weighted by Gasteiger charge is -2.04. The van der Waals surface area contributed by atoms with Crippen molar-refractivity contribution in [3.8, 4) is 0 Å². The van der Waals surface area contributed by atoms with Crippen LogP contribution in [0.15, 0.2) is 27.5 Å². The highest BCUT2D eigenvalue weighted by molar-refractivity contribution is 9.08. The molecule has 2 rings (SSSR count). The zero-order valence-electron chi connectivity index (χ0n) is 7.71. The number of benzene rings is 1. The van der Waals surface area contributed by atoms with Crippen LogP contribution in [0.3, 0.4) is 0 Å². The van der Waals surface area contributed by atoms with E-state index in [9.17, 15) is 13.2 Å². The SMILES string of the molecule is FC(F)(F)Sc1ccc2nc(CBr)oc2c1. The summed E-state index contributed by atoms with van der Waals surface area (Å²) in [6, 6.07) is 4.23. The Morgan fingerprint density at radius 2 is 2.12 bits per heavy atom. The first-order chi connectivity index (χ1) is 7.48. The summed E-state index contributed by atoms with van der Waals surface area (Å²) in [6.07, 6.45) is 0. The van der Waals surface area contributed by atoms with Crippen LogP contribution in [0.4, 0.5) is 13.2 Å². The fourth-order valence-corrected chi connectivity index (χ4v) is 2.02. The van der Waals surface area contributed by atoms with Crippen LogP contribution in [0.25, 0.3) is 11.1 Å². The highest BCUT2D eigenvalue weighted by Gasteiger charge is 2.29. The first-order valence-corrected chi connectivity index (χ1v) is 6.13. The quantitative estimate of drug-likeness (QED) is 0.609. The molecule has 0 aliphatic carbocycles. The molecular formula is C9H5BrF3NOS. The molecule has 0 aliphatic heterocycles. The largest absolute Gasteiger partial charge is 0.446 e. The first-order valence-electron chi connectivity index (χ1n) is 4.19. The Bertz CT molecular complexity index is 511. The molecule has 0 radical (unpaired) electrons. The van der Waals surface area contributed by atoms with Gasteiger partial charge in [-0.2, -0.15) is 13.2 Å². The van der Waals surface area contributed by atoms with Gasteiger partial charge in [-0.25, -0.2) is 4.98 Å². The molecule has 0 unspecified atom stereocenters. The van der Waals surface area contributed by atoms with Gasteiger partial charge in [0.2, 0.25) is 5.89 Å². The number of hydrogen-bond acceptors (Lipinski definition) is 3. The zero-order valence-corrected chi connectivity index (χ0v) is 10.1. The van der Waals surface area contributed by atoms with Crippen molar-refractivity contribution >= 4 is 38.8 Å². The third-order valence-electron chi connectivity index (χ3n) is 1.75. The van der Waals surface area contributed by atoms with Crippen LogP contribution < -0.4 is 0 Å². The number of alkyl halides is 4. The summed E-state index contributed by atoms with van der Waals surface area (Å²) in [7, 11) is 0. The van der Waals surface area contributed by atoms with Crippen LogP contribution in [0.2, 0.25) is 0 Å². The van der Waals surface area contributed by atoms with E-state index in [0.29, 0.717) is 22.3 Å². The Labute approximate surface area is 101 Å². The number of hydrogen-bond donors (Lipinski definition) is 0. The lowest BCUT2D eigenvalue weighted by atomic mass is 10.3. The topological polar surface area (TPSA) is 26.0 Å². The average molecular weight is 312 g/mol. The van der Waals surface area contributed by atoms with Crippen molar-refractivity contribution in [2.45, 2.75) is 15.7 Å². The molecule has 1 heterocycles. The minimum atomic E-state index is -4.29. The summed E-state index contributed by atoms with van der Waals surface area (Å²) in [5.41, 5.74) is -3.36. The Hall–Kier alpha value is -0.690. The molecule has 16 heavy (non-hydrogen) atoms.